The quantitative estimate of drug-likeness (QED) is 0.903. The summed E-state index contributed by atoms with van der Waals surface area (Å²) in [6.45, 7) is 2.05. The van der Waals surface area contributed by atoms with Crippen LogP contribution in [0.3, 0.4) is 0 Å². The number of nitrogens with zero attached hydrogens (tertiary/aromatic N) is 1. The van der Waals surface area contributed by atoms with Crippen molar-refractivity contribution in [3.8, 4) is 5.75 Å². The lowest BCUT2D eigenvalue weighted by molar-refractivity contribution is 0.300. The predicted molar refractivity (Wildman–Crippen MR) is 86.9 cm³/mol. The number of hydrogen-bond donors (Lipinski definition) is 1. The predicted octanol–water partition coefficient (Wildman–Crippen LogP) is 2.99. The van der Waals surface area contributed by atoms with Gasteiger partial charge in [0.2, 0.25) is 5.82 Å². The number of rotatable bonds is 4. The van der Waals surface area contributed by atoms with E-state index < -0.39 is 11.6 Å². The minimum atomic E-state index is -0.910. The van der Waals surface area contributed by atoms with E-state index in [9.17, 15) is 8.78 Å². The van der Waals surface area contributed by atoms with Crippen LogP contribution in [0.4, 0.5) is 8.78 Å². The fourth-order valence-corrected chi connectivity index (χ4v) is 3.19. The molecule has 0 spiro atoms. The first-order chi connectivity index (χ1) is 9.60. The Morgan fingerprint density at radius 1 is 1.18 bits per heavy atom. The van der Waals surface area contributed by atoms with E-state index in [4.69, 9.17) is 10.5 Å². The van der Waals surface area contributed by atoms with Crippen LogP contribution in [0.5, 0.6) is 5.75 Å². The van der Waals surface area contributed by atoms with E-state index in [1.807, 2.05) is 0 Å². The maximum atomic E-state index is 14.0. The van der Waals surface area contributed by atoms with Crippen LogP contribution in [0.1, 0.15) is 18.4 Å². The molecule has 2 atom stereocenters. The molecule has 1 aliphatic heterocycles. The van der Waals surface area contributed by atoms with Crippen LogP contribution >= 0.6 is 24.8 Å². The Bertz CT molecular complexity index is 515. The third-order valence-electron chi connectivity index (χ3n) is 4.46. The highest BCUT2D eigenvalue weighted by molar-refractivity contribution is 5.85. The maximum absolute atomic E-state index is 14.0. The van der Waals surface area contributed by atoms with Gasteiger partial charge in [0, 0.05) is 31.2 Å². The number of nitrogens with two attached hydrogens (primary N) is 1. The van der Waals surface area contributed by atoms with Gasteiger partial charge in [-0.1, -0.05) is 6.07 Å². The number of halogens is 4. The van der Waals surface area contributed by atoms with Crippen molar-refractivity contribution < 1.29 is 13.5 Å². The molecule has 2 N–H and O–H groups in total. The van der Waals surface area contributed by atoms with Crippen molar-refractivity contribution in [3.63, 3.8) is 0 Å². The number of hydrogen-bond acceptors (Lipinski definition) is 3. The first-order valence-corrected chi connectivity index (χ1v) is 7.09. The fourth-order valence-electron chi connectivity index (χ4n) is 3.19. The van der Waals surface area contributed by atoms with Crippen molar-refractivity contribution >= 4 is 24.8 Å². The summed E-state index contributed by atoms with van der Waals surface area (Å²) in [5.74, 6) is -0.520. The van der Waals surface area contributed by atoms with Gasteiger partial charge in [0.25, 0.3) is 0 Å². The van der Waals surface area contributed by atoms with Crippen molar-refractivity contribution in [3.05, 3.63) is 29.3 Å². The summed E-state index contributed by atoms with van der Waals surface area (Å²) >= 11 is 0. The summed E-state index contributed by atoms with van der Waals surface area (Å²) in [5, 5.41) is 0. The summed E-state index contributed by atoms with van der Waals surface area (Å²) in [4.78, 5) is 2.12. The molecule has 2 fully saturated rings. The Labute approximate surface area is 142 Å². The molecule has 22 heavy (non-hydrogen) atoms. The molecule has 0 unspecified atom stereocenters. The molecule has 1 saturated carbocycles. The molecule has 1 saturated heterocycles. The fraction of sp³-hybridized carbons (Fsp3) is 0.600. The normalized spacial score (nSPS) is 24.5. The van der Waals surface area contributed by atoms with Crippen LogP contribution in [-0.4, -0.2) is 31.1 Å². The standard InChI is InChI=1S/C15H20F2N2O.2ClH/c1-20-13-5-4-10(14(16)15(13)17)6-19-7-11(9-2-3-9)12(18)8-19;;/h4-5,9,11-12H,2-3,6-8,18H2,1H3;2*1H/t11-,12+;;/m1../s1. The number of likely N-dealkylation sites (tertiary alicyclic amines) is 1. The molecule has 2 aliphatic rings. The Morgan fingerprint density at radius 2 is 1.86 bits per heavy atom. The summed E-state index contributed by atoms with van der Waals surface area (Å²) in [5.41, 5.74) is 6.52. The molecule has 126 valence electrons. The van der Waals surface area contributed by atoms with Gasteiger partial charge in [-0.25, -0.2) is 4.39 Å². The van der Waals surface area contributed by atoms with Gasteiger partial charge < -0.3 is 10.5 Å². The van der Waals surface area contributed by atoms with Crippen molar-refractivity contribution in [2.24, 2.45) is 17.6 Å². The zero-order valence-electron chi connectivity index (χ0n) is 12.4. The SMILES string of the molecule is COc1ccc(CN2C[C@H](C3CC3)[C@@H](N)C2)c(F)c1F.Cl.Cl. The molecule has 1 heterocycles. The first kappa shape index (κ1) is 19.4. The van der Waals surface area contributed by atoms with E-state index in [0.717, 1.165) is 19.0 Å². The highest BCUT2D eigenvalue weighted by Crippen LogP contribution is 2.41. The zero-order valence-corrected chi connectivity index (χ0v) is 14.1. The summed E-state index contributed by atoms with van der Waals surface area (Å²) in [7, 11) is 1.33. The second kappa shape index (κ2) is 7.77. The molecule has 7 heteroatoms. The number of benzene rings is 1. The third-order valence-corrected chi connectivity index (χ3v) is 4.46. The van der Waals surface area contributed by atoms with Crippen molar-refractivity contribution in [1.29, 1.82) is 0 Å². The molecule has 0 aromatic heterocycles. The molecule has 1 aromatic rings. The van der Waals surface area contributed by atoms with Gasteiger partial charge in [-0.15, -0.1) is 24.8 Å². The number of methoxy groups -OCH3 is 1. The van der Waals surface area contributed by atoms with Gasteiger partial charge in [-0.2, -0.15) is 4.39 Å². The summed E-state index contributed by atoms with van der Waals surface area (Å²) in [6, 6.07) is 3.23. The molecule has 0 amide bonds. The van der Waals surface area contributed by atoms with E-state index in [1.54, 1.807) is 6.07 Å². The van der Waals surface area contributed by atoms with E-state index in [0.29, 0.717) is 18.0 Å². The molecule has 1 aromatic carbocycles. The largest absolute Gasteiger partial charge is 0.494 e. The highest BCUT2D eigenvalue weighted by atomic mass is 35.5. The second-order valence-electron chi connectivity index (χ2n) is 5.91. The van der Waals surface area contributed by atoms with Gasteiger partial charge >= 0.3 is 0 Å². The van der Waals surface area contributed by atoms with E-state index in [-0.39, 0.29) is 36.6 Å². The molecule has 0 bridgehead atoms. The van der Waals surface area contributed by atoms with Crippen LogP contribution in [0.25, 0.3) is 0 Å². The van der Waals surface area contributed by atoms with Crippen molar-refractivity contribution in [1.82, 2.24) is 4.90 Å². The molecular formula is C15H22Cl2F2N2O. The molecule has 3 nitrogen and oxygen atoms in total. The smallest absolute Gasteiger partial charge is 0.200 e. The maximum Gasteiger partial charge on any atom is 0.200 e. The Morgan fingerprint density at radius 3 is 2.45 bits per heavy atom. The van der Waals surface area contributed by atoms with Crippen LogP contribution < -0.4 is 10.5 Å². The zero-order chi connectivity index (χ0) is 14.3. The Kier molecular flexibility index (Phi) is 6.86. The van der Waals surface area contributed by atoms with E-state index in [1.165, 1.54) is 26.0 Å². The lowest BCUT2D eigenvalue weighted by Crippen LogP contribution is -2.30. The van der Waals surface area contributed by atoms with Crippen LogP contribution in [0.15, 0.2) is 12.1 Å². The lowest BCUT2D eigenvalue weighted by atomic mass is 9.99. The van der Waals surface area contributed by atoms with Crippen molar-refractivity contribution in [2.45, 2.75) is 25.4 Å². The average molecular weight is 355 g/mol. The molecule has 0 radical (unpaired) electrons. The summed E-state index contributed by atoms with van der Waals surface area (Å²) in [6.07, 6.45) is 2.52. The molecule has 1 aliphatic carbocycles. The van der Waals surface area contributed by atoms with Gasteiger partial charge in [0.15, 0.2) is 11.6 Å². The minimum Gasteiger partial charge on any atom is -0.494 e. The van der Waals surface area contributed by atoms with Gasteiger partial charge in [0.1, 0.15) is 0 Å². The van der Waals surface area contributed by atoms with Gasteiger partial charge in [-0.3, -0.25) is 4.90 Å². The third kappa shape index (κ3) is 3.82. The second-order valence-corrected chi connectivity index (χ2v) is 5.91. The Hall–Kier alpha value is -0.620. The molecule has 3 rings (SSSR count). The topological polar surface area (TPSA) is 38.5 Å². The van der Waals surface area contributed by atoms with Gasteiger partial charge in [0.05, 0.1) is 7.11 Å². The van der Waals surface area contributed by atoms with E-state index >= 15 is 0 Å². The monoisotopic (exact) mass is 354 g/mol. The van der Waals surface area contributed by atoms with Gasteiger partial charge in [-0.05, 0) is 30.7 Å². The van der Waals surface area contributed by atoms with E-state index in [2.05, 4.69) is 4.90 Å². The highest BCUT2D eigenvalue weighted by Gasteiger charge is 2.40. The van der Waals surface area contributed by atoms with Crippen LogP contribution in [-0.2, 0) is 6.54 Å². The van der Waals surface area contributed by atoms with Crippen molar-refractivity contribution in [2.75, 3.05) is 20.2 Å². The Balaban J connectivity index is 0.00000121. The van der Waals surface area contributed by atoms with Crippen LogP contribution in [0, 0.1) is 23.5 Å². The number of ether oxygens (including phenoxy) is 1. The average Bonchev–Trinajstić information content (AvgIpc) is 3.20. The summed E-state index contributed by atoms with van der Waals surface area (Å²) < 4.78 is 32.4. The minimum absolute atomic E-state index is 0. The van der Waals surface area contributed by atoms with Crippen LogP contribution in [0.2, 0.25) is 0 Å². The first-order valence-electron chi connectivity index (χ1n) is 7.09. The molecular weight excluding hydrogens is 333 g/mol. The lowest BCUT2D eigenvalue weighted by Gasteiger charge is -2.17.